The minimum Gasteiger partial charge on any atom is -0.455 e. The van der Waals surface area contributed by atoms with Crippen LogP contribution in [0.3, 0.4) is 0 Å². The third kappa shape index (κ3) is 10.5. The Kier molecular flexibility index (Phi) is 14.2. The number of benzene rings is 16. The first-order valence-electron chi connectivity index (χ1n) is 34.8. The average Bonchev–Trinajstić information content (AvgIpc) is 1.55. The van der Waals surface area contributed by atoms with Crippen molar-refractivity contribution in [2.24, 2.45) is 0 Å². The number of hydrogen-bond acceptors (Lipinski definition) is 8. The molecule has 0 saturated carbocycles. The molecule has 3 aromatic heterocycles. The molecular weight excluding hydrogens is 1250 g/mol. The van der Waals surface area contributed by atoms with Gasteiger partial charge in [0.15, 0.2) is 17.5 Å². The number of fused-ring (bicyclic) bond motifs is 12. The number of aromatic nitrogens is 3. The molecule has 20 rings (SSSR count). The zero-order chi connectivity index (χ0) is 67.2. The van der Waals surface area contributed by atoms with Crippen molar-refractivity contribution in [1.29, 1.82) is 0 Å². The molecule has 1 fully saturated rings. The summed E-state index contributed by atoms with van der Waals surface area (Å²) in [4.78, 5) is 15.8. The molecule has 0 aliphatic carbocycles. The predicted octanol–water partition coefficient (Wildman–Crippen LogP) is 23.8. The fraction of sp³-hybridized carbons (Fsp3) is 0.0319. The molecule has 102 heavy (non-hydrogen) atoms. The first-order chi connectivity index (χ1) is 50.5. The summed E-state index contributed by atoms with van der Waals surface area (Å²) in [5, 5.41) is 24.9. The molecular formula is C94H62N6O2. The second-order valence-electron chi connectivity index (χ2n) is 26.7. The Morgan fingerprint density at radius 2 is 0.627 bits per heavy atom. The van der Waals surface area contributed by atoms with Gasteiger partial charge in [0, 0.05) is 49.0 Å². The van der Waals surface area contributed by atoms with Crippen LogP contribution in [0.2, 0.25) is 0 Å². The highest BCUT2D eigenvalue weighted by Gasteiger charge is 2.31. The van der Waals surface area contributed by atoms with Gasteiger partial charge in [0.05, 0.1) is 18.5 Å². The lowest BCUT2D eigenvalue weighted by Crippen LogP contribution is -2.54. The van der Waals surface area contributed by atoms with Crippen molar-refractivity contribution >= 4 is 87.0 Å². The van der Waals surface area contributed by atoms with Gasteiger partial charge in [-0.3, -0.25) is 16.0 Å². The number of nitrogens with zero attached hydrogens (tertiary/aromatic N) is 3. The normalized spacial score (nSPS) is 14.8. The molecule has 480 valence electrons. The molecule has 2 unspecified atom stereocenters. The Bertz CT molecular complexity index is 6440. The average molecular weight is 1310 g/mol. The molecule has 4 heterocycles. The quantitative estimate of drug-likeness (QED) is 0.118. The molecule has 0 bridgehead atoms. The Morgan fingerprint density at radius 3 is 1.25 bits per heavy atom. The van der Waals surface area contributed by atoms with Gasteiger partial charge in [-0.2, -0.15) is 0 Å². The van der Waals surface area contributed by atoms with Crippen LogP contribution in [0, 0.1) is 0 Å². The van der Waals surface area contributed by atoms with Crippen LogP contribution in [0.5, 0.6) is 0 Å². The summed E-state index contributed by atoms with van der Waals surface area (Å²) in [6.07, 6.45) is -0.393. The van der Waals surface area contributed by atoms with Crippen molar-refractivity contribution in [1.82, 2.24) is 30.9 Å². The molecule has 1 aliphatic heterocycles. The van der Waals surface area contributed by atoms with Crippen LogP contribution in [-0.4, -0.2) is 15.0 Å². The third-order valence-corrected chi connectivity index (χ3v) is 20.6. The zero-order valence-electron chi connectivity index (χ0n) is 55.2. The van der Waals surface area contributed by atoms with E-state index in [1.54, 1.807) is 0 Å². The van der Waals surface area contributed by atoms with Crippen molar-refractivity contribution in [2.45, 2.75) is 18.5 Å². The van der Waals surface area contributed by atoms with Crippen molar-refractivity contribution in [3.05, 3.63) is 356 Å². The van der Waals surface area contributed by atoms with Gasteiger partial charge in [-0.05, 0) is 171 Å². The van der Waals surface area contributed by atoms with Crippen LogP contribution >= 0.6 is 0 Å². The van der Waals surface area contributed by atoms with Crippen LogP contribution in [0.4, 0.5) is 0 Å². The molecule has 0 spiro atoms. The maximum atomic E-state index is 6.93. The van der Waals surface area contributed by atoms with Crippen LogP contribution in [0.15, 0.2) is 349 Å². The third-order valence-electron chi connectivity index (χ3n) is 20.6. The Labute approximate surface area is 587 Å². The van der Waals surface area contributed by atoms with Gasteiger partial charge in [0.25, 0.3) is 0 Å². The largest absolute Gasteiger partial charge is 0.455 e. The summed E-state index contributed by atoms with van der Waals surface area (Å²) in [5.74, 6) is 1.72. The first-order valence-corrected chi connectivity index (χ1v) is 34.8. The lowest BCUT2D eigenvalue weighted by Gasteiger charge is -2.39. The van der Waals surface area contributed by atoms with Crippen LogP contribution in [0.1, 0.15) is 35.2 Å². The van der Waals surface area contributed by atoms with Crippen molar-refractivity contribution in [3.8, 4) is 89.8 Å². The molecule has 19 aromatic rings. The Morgan fingerprint density at radius 1 is 0.206 bits per heavy atom. The van der Waals surface area contributed by atoms with E-state index in [-0.39, 0.29) is 18.5 Å². The molecule has 8 nitrogen and oxygen atoms in total. The second kappa shape index (κ2) is 24.5. The summed E-state index contributed by atoms with van der Waals surface area (Å²) < 4.78 is 13.7. The van der Waals surface area contributed by atoms with E-state index in [9.17, 15) is 0 Å². The van der Waals surface area contributed by atoms with Gasteiger partial charge >= 0.3 is 0 Å². The summed E-state index contributed by atoms with van der Waals surface area (Å²) in [7, 11) is 0. The topological polar surface area (TPSA) is 101 Å². The highest BCUT2D eigenvalue weighted by Crippen LogP contribution is 2.46. The molecule has 0 amide bonds. The summed E-state index contributed by atoms with van der Waals surface area (Å²) in [6.45, 7) is 0. The lowest BCUT2D eigenvalue weighted by atomic mass is 9.89. The smallest absolute Gasteiger partial charge is 0.164 e. The summed E-state index contributed by atoms with van der Waals surface area (Å²) in [6, 6.07) is 121. The van der Waals surface area contributed by atoms with E-state index in [0.29, 0.717) is 17.5 Å². The minimum absolute atomic E-state index is 0.104. The molecule has 1 aliphatic rings. The number of nitrogens with one attached hydrogen (secondary N) is 3. The Balaban J connectivity index is 0.686. The van der Waals surface area contributed by atoms with E-state index >= 15 is 0 Å². The highest BCUT2D eigenvalue weighted by molar-refractivity contribution is 6.21. The van der Waals surface area contributed by atoms with E-state index in [1.807, 2.05) is 18.2 Å². The van der Waals surface area contributed by atoms with Crippen molar-refractivity contribution in [2.75, 3.05) is 0 Å². The number of hydrogen-bond donors (Lipinski definition) is 3. The van der Waals surface area contributed by atoms with E-state index in [1.165, 1.54) is 43.8 Å². The summed E-state index contributed by atoms with van der Waals surface area (Å²) in [5.41, 5.74) is 20.6. The molecule has 3 N–H and O–H groups in total. The minimum atomic E-state index is -0.185. The van der Waals surface area contributed by atoms with Gasteiger partial charge in [0.2, 0.25) is 0 Å². The van der Waals surface area contributed by atoms with E-state index in [0.717, 1.165) is 132 Å². The van der Waals surface area contributed by atoms with Gasteiger partial charge in [-0.25, -0.2) is 15.0 Å². The molecule has 1 saturated heterocycles. The van der Waals surface area contributed by atoms with Crippen LogP contribution in [0.25, 0.3) is 177 Å². The lowest BCUT2D eigenvalue weighted by molar-refractivity contribution is 0.203. The van der Waals surface area contributed by atoms with Gasteiger partial charge < -0.3 is 8.83 Å². The van der Waals surface area contributed by atoms with Gasteiger partial charge in [-0.1, -0.05) is 273 Å². The summed E-state index contributed by atoms with van der Waals surface area (Å²) >= 11 is 0. The van der Waals surface area contributed by atoms with Crippen molar-refractivity contribution < 1.29 is 8.83 Å². The fourth-order valence-electron chi connectivity index (χ4n) is 15.5. The fourth-order valence-corrected chi connectivity index (χ4v) is 15.5. The molecule has 8 heteroatoms. The van der Waals surface area contributed by atoms with E-state index in [4.69, 9.17) is 23.8 Å². The standard InChI is InChI=1S/C94H62N6O2/c1-4-21-62(22-5-1)89-95-90(63-23-6-2-7-24-63)98-93(97-89)68-45-48-86-82(54-68)84-56-80(76-31-15-17-33-78(76)88(84)102-86)72-51-70(50-71(52-72)67-44-37-57-19-10-11-27-66(57)49-67)58-35-42-65(43-36-58)92-96-91(64-25-8-3-9-26-64)99-94(100-92)69-46-47-85-81(53-69)83-55-79(75-30-14-16-32-77(75)87(83)101-85)61-40-38-60(39-41-61)74-34-18-28-59-20-12-13-29-73(59)74/h1-56,89-90,93,95,97-98H. The first kappa shape index (κ1) is 59.1. The van der Waals surface area contributed by atoms with Gasteiger partial charge in [0.1, 0.15) is 22.3 Å². The van der Waals surface area contributed by atoms with E-state index < -0.39 is 0 Å². The van der Waals surface area contributed by atoms with E-state index in [2.05, 4.69) is 337 Å². The second-order valence-corrected chi connectivity index (χ2v) is 26.7. The van der Waals surface area contributed by atoms with Crippen LogP contribution in [-0.2, 0) is 0 Å². The monoisotopic (exact) mass is 1310 g/mol. The zero-order valence-corrected chi connectivity index (χ0v) is 55.2. The predicted molar refractivity (Wildman–Crippen MR) is 418 cm³/mol. The van der Waals surface area contributed by atoms with Gasteiger partial charge in [-0.15, -0.1) is 0 Å². The van der Waals surface area contributed by atoms with Crippen LogP contribution < -0.4 is 16.0 Å². The number of rotatable bonds is 11. The highest BCUT2D eigenvalue weighted by atomic mass is 16.3. The molecule has 16 aromatic carbocycles. The Hall–Kier alpha value is -13.0. The molecule has 0 radical (unpaired) electrons. The maximum absolute atomic E-state index is 6.93. The molecule has 2 atom stereocenters. The number of furan rings is 2. The maximum Gasteiger partial charge on any atom is 0.164 e. The van der Waals surface area contributed by atoms with Crippen molar-refractivity contribution in [3.63, 3.8) is 0 Å². The SMILES string of the molecule is c1ccc(-c2nc(-c3ccc(-c4cc(-c5ccc6ccccc6c5)cc(-c5cc6c7cc(C8NC(c9ccccc9)NC(c9ccccc9)N8)ccc7oc6c6ccccc56)c4)cc3)nc(-c3ccc4oc5c6ccccc6c(-c6ccc(-c7cccc8ccccc78)cc6)cc5c4c3)n2)cc1.